The van der Waals surface area contributed by atoms with Crippen LogP contribution in [0.25, 0.3) is 0 Å². The van der Waals surface area contributed by atoms with Gasteiger partial charge >= 0.3 is 0 Å². The minimum atomic E-state index is -3.63. The van der Waals surface area contributed by atoms with E-state index >= 15 is 0 Å². The number of halogens is 1. The van der Waals surface area contributed by atoms with Gasteiger partial charge in [-0.25, -0.2) is 8.42 Å². The Labute approximate surface area is 167 Å². The summed E-state index contributed by atoms with van der Waals surface area (Å²) < 4.78 is 26.7. The third kappa shape index (κ3) is 4.49. The second kappa shape index (κ2) is 8.26. The SMILES string of the molecule is O=C(Cc1ccc([N+](=O)[O-])cc1)N1CCN(S(=O)(=O)c2ccc(Cl)cc2)CC1. The number of nitrogens with zero attached hydrogens (tertiary/aromatic N) is 3. The summed E-state index contributed by atoms with van der Waals surface area (Å²) in [6, 6.07) is 11.8. The minimum absolute atomic E-state index is 0.0304. The first-order valence-corrected chi connectivity index (χ1v) is 10.4. The van der Waals surface area contributed by atoms with Crippen molar-refractivity contribution < 1.29 is 18.1 Å². The maximum Gasteiger partial charge on any atom is 0.269 e. The molecular formula is C18H18ClN3O5S. The Balaban J connectivity index is 1.59. The predicted octanol–water partition coefficient (Wildman–Crippen LogP) is 2.32. The first-order chi connectivity index (χ1) is 13.3. The number of hydrogen-bond donors (Lipinski definition) is 0. The van der Waals surface area contributed by atoms with Crippen LogP contribution in [0, 0.1) is 10.1 Å². The van der Waals surface area contributed by atoms with Gasteiger partial charge in [-0.15, -0.1) is 0 Å². The first kappa shape index (κ1) is 20.2. The molecule has 0 bridgehead atoms. The van der Waals surface area contributed by atoms with E-state index in [0.717, 1.165) is 0 Å². The number of amides is 1. The highest BCUT2D eigenvalue weighted by Gasteiger charge is 2.30. The summed E-state index contributed by atoms with van der Waals surface area (Å²) in [5.74, 6) is -0.141. The maximum absolute atomic E-state index is 12.7. The molecule has 8 nitrogen and oxygen atoms in total. The number of non-ortho nitro benzene ring substituents is 1. The van der Waals surface area contributed by atoms with Gasteiger partial charge in [0.05, 0.1) is 16.2 Å². The molecule has 2 aromatic carbocycles. The summed E-state index contributed by atoms with van der Waals surface area (Å²) in [7, 11) is -3.63. The van der Waals surface area contributed by atoms with Crippen molar-refractivity contribution in [2.45, 2.75) is 11.3 Å². The maximum atomic E-state index is 12.7. The Morgan fingerprint density at radius 1 is 1.00 bits per heavy atom. The van der Waals surface area contributed by atoms with Gasteiger partial charge in [0.2, 0.25) is 15.9 Å². The fourth-order valence-electron chi connectivity index (χ4n) is 2.96. The molecule has 0 atom stereocenters. The lowest BCUT2D eigenvalue weighted by atomic mass is 10.1. The largest absolute Gasteiger partial charge is 0.340 e. The molecule has 2 aromatic rings. The summed E-state index contributed by atoms with van der Waals surface area (Å²) >= 11 is 5.81. The molecule has 1 amide bonds. The normalized spacial score (nSPS) is 15.4. The monoisotopic (exact) mass is 423 g/mol. The molecule has 10 heteroatoms. The first-order valence-electron chi connectivity index (χ1n) is 8.54. The van der Waals surface area contributed by atoms with Gasteiger partial charge in [0.1, 0.15) is 0 Å². The van der Waals surface area contributed by atoms with E-state index in [2.05, 4.69) is 0 Å². The minimum Gasteiger partial charge on any atom is -0.340 e. The molecule has 1 fully saturated rings. The Morgan fingerprint density at radius 3 is 2.11 bits per heavy atom. The van der Waals surface area contributed by atoms with Crippen LogP contribution in [0.5, 0.6) is 0 Å². The van der Waals surface area contributed by atoms with Crippen LogP contribution < -0.4 is 0 Å². The Hall–Kier alpha value is -2.49. The van der Waals surface area contributed by atoms with E-state index in [1.54, 1.807) is 17.0 Å². The zero-order valence-electron chi connectivity index (χ0n) is 14.8. The molecule has 0 radical (unpaired) electrons. The zero-order valence-corrected chi connectivity index (χ0v) is 16.4. The molecular weight excluding hydrogens is 406 g/mol. The Kier molecular flexibility index (Phi) is 5.97. The van der Waals surface area contributed by atoms with Gasteiger partial charge < -0.3 is 4.90 Å². The van der Waals surface area contributed by atoms with Crippen LogP contribution in [0.1, 0.15) is 5.56 Å². The lowest BCUT2D eigenvalue weighted by molar-refractivity contribution is -0.384. The lowest BCUT2D eigenvalue weighted by Crippen LogP contribution is -2.50. The second-order valence-corrected chi connectivity index (χ2v) is 8.71. The van der Waals surface area contributed by atoms with Gasteiger partial charge in [-0.05, 0) is 29.8 Å². The van der Waals surface area contributed by atoms with E-state index in [4.69, 9.17) is 11.6 Å². The van der Waals surface area contributed by atoms with Gasteiger partial charge in [-0.3, -0.25) is 14.9 Å². The third-order valence-electron chi connectivity index (χ3n) is 4.55. The van der Waals surface area contributed by atoms with Crippen LogP contribution >= 0.6 is 11.6 Å². The summed E-state index contributed by atoms with van der Waals surface area (Å²) in [6.45, 7) is 0.991. The number of nitro groups is 1. The van der Waals surface area contributed by atoms with Crippen LogP contribution in [0.3, 0.4) is 0 Å². The molecule has 0 aliphatic carbocycles. The van der Waals surface area contributed by atoms with Crippen molar-refractivity contribution in [2.24, 2.45) is 0 Å². The fourth-order valence-corrected chi connectivity index (χ4v) is 4.50. The standard InChI is InChI=1S/C18H18ClN3O5S/c19-15-3-7-17(8-4-15)28(26,27)21-11-9-20(10-12-21)18(23)13-14-1-5-16(6-2-14)22(24)25/h1-8H,9-13H2. The topological polar surface area (TPSA) is 101 Å². The molecule has 0 aromatic heterocycles. The third-order valence-corrected chi connectivity index (χ3v) is 6.71. The van der Waals surface area contributed by atoms with Gasteiger partial charge in [0.15, 0.2) is 0 Å². The number of rotatable bonds is 5. The number of nitro benzene ring substituents is 1. The highest BCUT2D eigenvalue weighted by Crippen LogP contribution is 2.20. The fraction of sp³-hybridized carbons (Fsp3) is 0.278. The summed E-state index contributed by atoms with van der Waals surface area (Å²) in [5.41, 5.74) is 0.643. The van der Waals surface area contributed by atoms with Gasteiger partial charge in [0, 0.05) is 43.3 Å². The predicted molar refractivity (Wildman–Crippen MR) is 104 cm³/mol. The summed E-state index contributed by atoms with van der Waals surface area (Å²) in [6.07, 6.45) is 0.113. The molecule has 0 N–H and O–H groups in total. The van der Waals surface area contributed by atoms with Crippen molar-refractivity contribution in [3.8, 4) is 0 Å². The second-order valence-electron chi connectivity index (χ2n) is 6.34. The quantitative estimate of drug-likeness (QED) is 0.542. The Morgan fingerprint density at radius 2 is 1.57 bits per heavy atom. The highest BCUT2D eigenvalue weighted by atomic mass is 35.5. The number of piperazine rings is 1. The van der Waals surface area contributed by atoms with Crippen LogP contribution in [-0.2, 0) is 21.2 Å². The van der Waals surface area contributed by atoms with Crippen LogP contribution in [0.2, 0.25) is 5.02 Å². The van der Waals surface area contributed by atoms with Crippen molar-refractivity contribution in [1.29, 1.82) is 0 Å². The molecule has 148 valence electrons. The van der Waals surface area contributed by atoms with Crippen LogP contribution in [0.4, 0.5) is 5.69 Å². The highest BCUT2D eigenvalue weighted by molar-refractivity contribution is 7.89. The molecule has 0 unspecified atom stereocenters. The average molecular weight is 424 g/mol. The molecule has 1 heterocycles. The van der Waals surface area contributed by atoms with Crippen molar-refractivity contribution in [1.82, 2.24) is 9.21 Å². The van der Waals surface area contributed by atoms with E-state index in [1.807, 2.05) is 0 Å². The molecule has 1 aliphatic rings. The van der Waals surface area contributed by atoms with Crippen molar-refractivity contribution in [3.05, 3.63) is 69.2 Å². The Bertz CT molecular complexity index is 969. The summed E-state index contributed by atoms with van der Waals surface area (Å²) in [4.78, 5) is 24.4. The summed E-state index contributed by atoms with van der Waals surface area (Å²) in [5, 5.41) is 11.1. The smallest absolute Gasteiger partial charge is 0.269 e. The number of sulfonamides is 1. The van der Waals surface area contributed by atoms with Gasteiger partial charge in [-0.2, -0.15) is 4.31 Å². The number of benzene rings is 2. The number of carbonyl (C=O) groups is 1. The molecule has 0 spiro atoms. The van der Waals surface area contributed by atoms with Crippen LogP contribution in [0.15, 0.2) is 53.4 Å². The molecule has 28 heavy (non-hydrogen) atoms. The van der Waals surface area contributed by atoms with Crippen LogP contribution in [-0.4, -0.2) is 54.6 Å². The van der Waals surface area contributed by atoms with E-state index in [1.165, 1.54) is 40.7 Å². The molecule has 1 saturated heterocycles. The molecule has 0 saturated carbocycles. The molecule has 3 rings (SSSR count). The average Bonchev–Trinajstić information content (AvgIpc) is 2.69. The van der Waals surface area contributed by atoms with E-state index < -0.39 is 14.9 Å². The van der Waals surface area contributed by atoms with Crippen molar-refractivity contribution >= 4 is 33.2 Å². The number of carbonyl (C=O) groups excluding carboxylic acids is 1. The van der Waals surface area contributed by atoms with E-state index in [0.29, 0.717) is 23.7 Å². The molecule has 1 aliphatic heterocycles. The van der Waals surface area contributed by atoms with Crippen molar-refractivity contribution in [3.63, 3.8) is 0 Å². The number of hydrogen-bond acceptors (Lipinski definition) is 5. The van der Waals surface area contributed by atoms with E-state index in [-0.39, 0.29) is 36.0 Å². The van der Waals surface area contributed by atoms with Crippen molar-refractivity contribution in [2.75, 3.05) is 26.2 Å². The zero-order chi connectivity index (χ0) is 20.3. The lowest BCUT2D eigenvalue weighted by Gasteiger charge is -2.34. The van der Waals surface area contributed by atoms with Gasteiger partial charge in [-0.1, -0.05) is 23.7 Å². The van der Waals surface area contributed by atoms with Gasteiger partial charge in [0.25, 0.3) is 5.69 Å². The van der Waals surface area contributed by atoms with E-state index in [9.17, 15) is 23.3 Å².